The van der Waals surface area contributed by atoms with Crippen molar-refractivity contribution in [1.29, 1.82) is 0 Å². The van der Waals surface area contributed by atoms with Crippen LogP contribution in [0.2, 0.25) is 0 Å². The zero-order valence-corrected chi connectivity index (χ0v) is 15.0. The second kappa shape index (κ2) is 8.13. The van der Waals surface area contributed by atoms with Crippen LogP contribution in [-0.4, -0.2) is 30.1 Å². The molecule has 0 saturated heterocycles. The Labute approximate surface area is 155 Å². The number of hydrogen-bond acceptors (Lipinski definition) is 5. The van der Waals surface area contributed by atoms with E-state index in [1.54, 1.807) is 25.3 Å². The predicted molar refractivity (Wildman–Crippen MR) is 96.1 cm³/mol. The number of nitrogens with one attached hydrogen (secondary N) is 2. The third-order valence-corrected chi connectivity index (χ3v) is 4.40. The highest BCUT2D eigenvalue weighted by molar-refractivity contribution is 6.02. The van der Waals surface area contributed by atoms with Gasteiger partial charge in [0.2, 0.25) is 11.8 Å². The van der Waals surface area contributed by atoms with Crippen molar-refractivity contribution in [3.8, 4) is 11.6 Å². The number of aromatic nitrogens is 1. The highest BCUT2D eigenvalue weighted by Gasteiger charge is 2.35. The van der Waals surface area contributed by atoms with Crippen LogP contribution in [0.5, 0.6) is 11.6 Å². The van der Waals surface area contributed by atoms with E-state index < -0.39 is 11.8 Å². The predicted octanol–water partition coefficient (Wildman–Crippen LogP) is 3.39. The second-order valence-electron chi connectivity index (χ2n) is 6.37. The van der Waals surface area contributed by atoms with E-state index in [1.165, 1.54) is 12.1 Å². The van der Waals surface area contributed by atoms with Crippen molar-refractivity contribution in [1.82, 2.24) is 10.3 Å². The third kappa shape index (κ3) is 4.79. The minimum Gasteiger partial charge on any atom is -0.439 e. The molecule has 0 unspecified atom stereocenters. The number of nitrogens with zero attached hydrogens (tertiary/aromatic N) is 1. The zero-order chi connectivity index (χ0) is 19.4. The first-order valence-corrected chi connectivity index (χ1v) is 8.49. The van der Waals surface area contributed by atoms with Crippen LogP contribution < -0.4 is 15.4 Å². The Kier molecular flexibility index (Phi) is 5.66. The van der Waals surface area contributed by atoms with Gasteiger partial charge in [0.05, 0.1) is 12.3 Å². The number of carbonyl (C=O) groups excluding carboxylic acids is 2. The molecule has 3 amide bonds. The third-order valence-electron chi connectivity index (χ3n) is 4.40. The van der Waals surface area contributed by atoms with Gasteiger partial charge in [-0.25, -0.2) is 14.2 Å². The molecule has 142 valence electrons. The summed E-state index contributed by atoms with van der Waals surface area (Å²) in [4.78, 5) is 27.9. The van der Waals surface area contributed by atoms with Gasteiger partial charge in [0.25, 0.3) is 0 Å². The number of ether oxygens (including phenoxy) is 2. The average Bonchev–Trinajstić information content (AvgIpc) is 2.59. The number of methoxy groups -OCH3 is 1. The number of imide groups is 1. The first-order chi connectivity index (χ1) is 12.9. The molecule has 1 saturated carbocycles. The largest absolute Gasteiger partial charge is 0.439 e. The molecular weight excluding hydrogens is 353 g/mol. The van der Waals surface area contributed by atoms with Gasteiger partial charge in [-0.2, -0.15) is 0 Å². The SMILES string of the molecule is COC1CC(C(=O)NC(=O)Nc2ccc(C)c(Oc3ccc(F)cn3)c2)C1. The van der Waals surface area contributed by atoms with E-state index in [1.807, 2.05) is 6.92 Å². The maximum absolute atomic E-state index is 12.9. The van der Waals surface area contributed by atoms with E-state index in [0.29, 0.717) is 24.3 Å². The summed E-state index contributed by atoms with van der Waals surface area (Å²) in [7, 11) is 1.60. The fourth-order valence-corrected chi connectivity index (χ4v) is 2.67. The van der Waals surface area contributed by atoms with Gasteiger partial charge in [-0.05, 0) is 37.5 Å². The van der Waals surface area contributed by atoms with Gasteiger partial charge in [-0.15, -0.1) is 0 Å². The number of anilines is 1. The fourth-order valence-electron chi connectivity index (χ4n) is 2.67. The molecule has 1 heterocycles. The normalized spacial score (nSPS) is 18.3. The van der Waals surface area contributed by atoms with Crippen LogP contribution in [0, 0.1) is 18.7 Å². The number of carbonyl (C=O) groups is 2. The summed E-state index contributed by atoms with van der Waals surface area (Å²) in [6.07, 6.45) is 2.37. The maximum Gasteiger partial charge on any atom is 0.325 e. The van der Waals surface area contributed by atoms with Gasteiger partial charge in [0.1, 0.15) is 11.6 Å². The molecule has 0 radical (unpaired) electrons. The van der Waals surface area contributed by atoms with Crippen LogP contribution in [0.4, 0.5) is 14.9 Å². The minimum atomic E-state index is -0.615. The fraction of sp³-hybridized carbons (Fsp3) is 0.316. The van der Waals surface area contributed by atoms with Crippen LogP contribution in [0.3, 0.4) is 0 Å². The molecule has 0 atom stereocenters. The van der Waals surface area contributed by atoms with Gasteiger partial charge in [0, 0.05) is 30.8 Å². The summed E-state index contributed by atoms with van der Waals surface area (Å²) in [5, 5.41) is 4.93. The van der Waals surface area contributed by atoms with E-state index in [9.17, 15) is 14.0 Å². The van der Waals surface area contributed by atoms with Crippen molar-refractivity contribution in [2.75, 3.05) is 12.4 Å². The summed E-state index contributed by atoms with van der Waals surface area (Å²) < 4.78 is 23.7. The first-order valence-electron chi connectivity index (χ1n) is 8.49. The van der Waals surface area contributed by atoms with Gasteiger partial charge in [-0.1, -0.05) is 6.07 Å². The number of benzene rings is 1. The van der Waals surface area contributed by atoms with Crippen molar-refractivity contribution < 1.29 is 23.5 Å². The van der Waals surface area contributed by atoms with E-state index >= 15 is 0 Å². The minimum absolute atomic E-state index is 0.0840. The Hall–Kier alpha value is -3.00. The number of amides is 3. The van der Waals surface area contributed by atoms with Crippen LogP contribution in [0.25, 0.3) is 0 Å². The van der Waals surface area contributed by atoms with Gasteiger partial charge in [0.15, 0.2) is 0 Å². The molecule has 3 rings (SSSR count). The molecule has 1 aliphatic carbocycles. The molecule has 0 spiro atoms. The molecule has 1 aromatic carbocycles. The Morgan fingerprint density at radius 2 is 2.00 bits per heavy atom. The molecule has 2 N–H and O–H groups in total. The lowest BCUT2D eigenvalue weighted by atomic mass is 9.81. The smallest absolute Gasteiger partial charge is 0.325 e. The van der Waals surface area contributed by atoms with Crippen molar-refractivity contribution in [2.45, 2.75) is 25.9 Å². The molecule has 2 aromatic rings. The molecule has 1 aromatic heterocycles. The number of urea groups is 1. The van der Waals surface area contributed by atoms with Crippen LogP contribution in [-0.2, 0) is 9.53 Å². The highest BCUT2D eigenvalue weighted by Crippen LogP contribution is 2.30. The van der Waals surface area contributed by atoms with Gasteiger partial charge >= 0.3 is 6.03 Å². The van der Waals surface area contributed by atoms with E-state index in [0.717, 1.165) is 11.8 Å². The number of pyridine rings is 1. The Balaban J connectivity index is 1.59. The second-order valence-corrected chi connectivity index (χ2v) is 6.37. The topological polar surface area (TPSA) is 89.5 Å². The van der Waals surface area contributed by atoms with Crippen LogP contribution in [0.15, 0.2) is 36.5 Å². The molecule has 1 aliphatic rings. The Morgan fingerprint density at radius 1 is 1.22 bits per heavy atom. The molecule has 1 fully saturated rings. The maximum atomic E-state index is 12.9. The van der Waals surface area contributed by atoms with Gasteiger partial charge < -0.3 is 14.8 Å². The van der Waals surface area contributed by atoms with Crippen molar-refractivity contribution >= 4 is 17.6 Å². The monoisotopic (exact) mass is 373 g/mol. The van der Waals surface area contributed by atoms with E-state index in [4.69, 9.17) is 9.47 Å². The Morgan fingerprint density at radius 3 is 2.67 bits per heavy atom. The summed E-state index contributed by atoms with van der Waals surface area (Å²) >= 11 is 0. The molecule has 8 heteroatoms. The van der Waals surface area contributed by atoms with Crippen LogP contribution >= 0.6 is 0 Å². The zero-order valence-electron chi connectivity index (χ0n) is 15.0. The lowest BCUT2D eigenvalue weighted by molar-refractivity contribution is -0.131. The molecule has 0 bridgehead atoms. The lowest BCUT2D eigenvalue weighted by Gasteiger charge is -2.32. The van der Waals surface area contributed by atoms with Gasteiger partial charge in [-0.3, -0.25) is 10.1 Å². The summed E-state index contributed by atoms with van der Waals surface area (Å²) in [6.45, 7) is 1.83. The molecular formula is C19H20FN3O4. The molecule has 7 nitrogen and oxygen atoms in total. The summed E-state index contributed by atoms with van der Waals surface area (Å²) in [5.41, 5.74) is 1.26. The standard InChI is InChI=1S/C19H20FN3O4/c1-11-3-5-14(9-16(11)27-17-6-4-13(20)10-21-17)22-19(25)23-18(24)12-7-15(8-12)26-2/h3-6,9-10,12,15H,7-8H2,1-2H3,(H2,22,23,24,25). The van der Waals surface area contributed by atoms with E-state index in [-0.39, 0.29) is 23.8 Å². The van der Waals surface area contributed by atoms with E-state index in [2.05, 4.69) is 15.6 Å². The van der Waals surface area contributed by atoms with Crippen molar-refractivity contribution in [3.63, 3.8) is 0 Å². The van der Waals surface area contributed by atoms with Crippen molar-refractivity contribution in [2.24, 2.45) is 5.92 Å². The number of rotatable bonds is 5. The summed E-state index contributed by atoms with van der Waals surface area (Å²) in [5.74, 6) is -0.296. The lowest BCUT2D eigenvalue weighted by Crippen LogP contribution is -2.45. The van der Waals surface area contributed by atoms with Crippen molar-refractivity contribution in [3.05, 3.63) is 47.9 Å². The number of aryl methyl sites for hydroxylation is 1. The first kappa shape index (κ1) is 18.8. The Bertz CT molecular complexity index is 835. The number of halogens is 1. The molecule has 27 heavy (non-hydrogen) atoms. The highest BCUT2D eigenvalue weighted by atomic mass is 19.1. The van der Waals surface area contributed by atoms with Crippen LogP contribution in [0.1, 0.15) is 18.4 Å². The average molecular weight is 373 g/mol. The summed E-state index contributed by atoms with van der Waals surface area (Å²) in [6, 6.07) is 7.09. The quantitative estimate of drug-likeness (QED) is 0.838. The molecule has 0 aliphatic heterocycles. The number of hydrogen-bond donors (Lipinski definition) is 2.